The Labute approximate surface area is 114 Å². The standard InChI is InChI=1S/C14H22N4O/c1-13(2,3)8-11-16-12-9(17-18-15)6-14(4,5)7-10(12)19-11/h9H,6-8H2,1-5H3. The minimum Gasteiger partial charge on any atom is -0.445 e. The van der Waals surface area contributed by atoms with E-state index in [1.54, 1.807) is 0 Å². The smallest absolute Gasteiger partial charge is 0.195 e. The first kappa shape index (κ1) is 13.9. The molecule has 0 amide bonds. The second-order valence-corrected chi connectivity index (χ2v) is 7.42. The average Bonchev–Trinajstić information content (AvgIpc) is 2.55. The Morgan fingerprint density at radius 1 is 1.47 bits per heavy atom. The van der Waals surface area contributed by atoms with Gasteiger partial charge < -0.3 is 4.42 Å². The summed E-state index contributed by atoms with van der Waals surface area (Å²) < 4.78 is 5.90. The van der Waals surface area contributed by atoms with E-state index in [0.717, 1.165) is 36.6 Å². The zero-order chi connectivity index (χ0) is 14.3. The van der Waals surface area contributed by atoms with E-state index in [-0.39, 0.29) is 16.9 Å². The summed E-state index contributed by atoms with van der Waals surface area (Å²) in [6.45, 7) is 10.8. The molecule has 2 rings (SSSR count). The number of hydrogen-bond acceptors (Lipinski definition) is 3. The van der Waals surface area contributed by atoms with Crippen molar-refractivity contribution in [1.82, 2.24) is 4.98 Å². The monoisotopic (exact) mass is 262 g/mol. The van der Waals surface area contributed by atoms with E-state index in [1.165, 1.54) is 0 Å². The van der Waals surface area contributed by atoms with E-state index in [0.29, 0.717) is 0 Å². The van der Waals surface area contributed by atoms with E-state index >= 15 is 0 Å². The molecule has 1 aliphatic rings. The van der Waals surface area contributed by atoms with Gasteiger partial charge in [0.2, 0.25) is 0 Å². The van der Waals surface area contributed by atoms with Crippen LogP contribution in [0.1, 0.15) is 64.4 Å². The van der Waals surface area contributed by atoms with Gasteiger partial charge in [0.1, 0.15) is 5.76 Å². The number of hydrogen-bond donors (Lipinski definition) is 0. The molecular weight excluding hydrogens is 240 g/mol. The average molecular weight is 262 g/mol. The summed E-state index contributed by atoms with van der Waals surface area (Å²) in [6, 6.07) is -0.193. The number of fused-ring (bicyclic) bond motifs is 1. The summed E-state index contributed by atoms with van der Waals surface area (Å²) in [5.74, 6) is 1.65. The molecule has 5 heteroatoms. The number of rotatable bonds is 2. The lowest BCUT2D eigenvalue weighted by Crippen LogP contribution is -2.24. The molecule has 1 atom stereocenters. The predicted molar refractivity (Wildman–Crippen MR) is 73.7 cm³/mol. The van der Waals surface area contributed by atoms with Crippen molar-refractivity contribution in [2.75, 3.05) is 0 Å². The summed E-state index contributed by atoms with van der Waals surface area (Å²) >= 11 is 0. The molecule has 1 heterocycles. The molecule has 1 aromatic rings. The van der Waals surface area contributed by atoms with Gasteiger partial charge in [0.25, 0.3) is 0 Å². The molecule has 0 spiro atoms. The van der Waals surface area contributed by atoms with Crippen LogP contribution < -0.4 is 0 Å². The fraction of sp³-hybridized carbons (Fsp3) is 0.786. The first-order valence-electron chi connectivity index (χ1n) is 6.73. The molecule has 104 valence electrons. The van der Waals surface area contributed by atoms with Gasteiger partial charge >= 0.3 is 0 Å². The predicted octanol–water partition coefficient (Wildman–Crippen LogP) is 4.59. The Bertz CT molecular complexity index is 518. The first-order valence-corrected chi connectivity index (χ1v) is 6.73. The largest absolute Gasteiger partial charge is 0.445 e. The minimum atomic E-state index is -0.193. The van der Waals surface area contributed by atoms with Crippen molar-refractivity contribution in [3.05, 3.63) is 27.8 Å². The van der Waals surface area contributed by atoms with E-state index < -0.39 is 0 Å². The molecule has 1 aliphatic carbocycles. The van der Waals surface area contributed by atoms with Crippen LogP contribution in [0.15, 0.2) is 9.53 Å². The van der Waals surface area contributed by atoms with Crippen LogP contribution in [0.3, 0.4) is 0 Å². The van der Waals surface area contributed by atoms with Crippen LogP contribution in [-0.4, -0.2) is 4.98 Å². The molecule has 0 saturated heterocycles. The molecule has 0 aromatic carbocycles. The topological polar surface area (TPSA) is 74.8 Å². The van der Waals surface area contributed by atoms with Crippen LogP contribution in [0.4, 0.5) is 0 Å². The van der Waals surface area contributed by atoms with Crippen LogP contribution in [-0.2, 0) is 12.8 Å². The molecule has 0 bridgehead atoms. The minimum absolute atomic E-state index is 0.0877. The third-order valence-corrected chi connectivity index (χ3v) is 3.35. The van der Waals surface area contributed by atoms with Crippen molar-refractivity contribution in [2.45, 2.75) is 59.9 Å². The molecule has 19 heavy (non-hydrogen) atoms. The van der Waals surface area contributed by atoms with Crippen LogP contribution >= 0.6 is 0 Å². The summed E-state index contributed by atoms with van der Waals surface area (Å²) in [7, 11) is 0. The molecule has 0 radical (unpaired) electrons. The second kappa shape index (κ2) is 4.57. The highest BCUT2D eigenvalue weighted by Crippen LogP contribution is 2.43. The lowest BCUT2D eigenvalue weighted by molar-refractivity contribution is 0.250. The van der Waals surface area contributed by atoms with E-state index in [1.807, 2.05) is 0 Å². The number of nitrogens with zero attached hydrogens (tertiary/aromatic N) is 4. The molecule has 0 fully saturated rings. The van der Waals surface area contributed by atoms with Crippen LogP contribution in [0.5, 0.6) is 0 Å². The molecule has 1 aromatic heterocycles. The third-order valence-electron chi connectivity index (χ3n) is 3.35. The van der Waals surface area contributed by atoms with E-state index in [2.05, 4.69) is 49.6 Å². The van der Waals surface area contributed by atoms with Gasteiger partial charge in [-0.25, -0.2) is 4.98 Å². The molecule has 0 saturated carbocycles. The van der Waals surface area contributed by atoms with Gasteiger partial charge in [0.15, 0.2) is 5.89 Å². The van der Waals surface area contributed by atoms with Gasteiger partial charge in [-0.2, -0.15) is 0 Å². The van der Waals surface area contributed by atoms with Crippen molar-refractivity contribution < 1.29 is 4.42 Å². The summed E-state index contributed by atoms with van der Waals surface area (Å²) in [5, 5.41) is 3.89. The fourth-order valence-electron chi connectivity index (χ4n) is 2.62. The van der Waals surface area contributed by atoms with E-state index in [4.69, 9.17) is 9.95 Å². The number of oxazole rings is 1. The maximum atomic E-state index is 8.71. The number of azide groups is 1. The summed E-state index contributed by atoms with van der Waals surface area (Å²) in [4.78, 5) is 7.52. The van der Waals surface area contributed by atoms with Crippen molar-refractivity contribution in [3.8, 4) is 0 Å². The Balaban J connectivity index is 2.36. The summed E-state index contributed by atoms with van der Waals surface area (Å²) in [6.07, 6.45) is 2.48. The fourth-order valence-corrected chi connectivity index (χ4v) is 2.62. The van der Waals surface area contributed by atoms with Crippen molar-refractivity contribution in [2.24, 2.45) is 15.9 Å². The van der Waals surface area contributed by atoms with Crippen molar-refractivity contribution in [1.29, 1.82) is 0 Å². The lowest BCUT2D eigenvalue weighted by atomic mass is 9.76. The lowest BCUT2D eigenvalue weighted by Gasteiger charge is -2.31. The Kier molecular flexibility index (Phi) is 3.35. The Hall–Kier alpha value is -1.48. The highest BCUT2D eigenvalue weighted by molar-refractivity contribution is 5.21. The molecule has 5 nitrogen and oxygen atoms in total. The van der Waals surface area contributed by atoms with Gasteiger partial charge in [-0.05, 0) is 22.8 Å². The van der Waals surface area contributed by atoms with Gasteiger partial charge in [-0.1, -0.05) is 39.7 Å². The Morgan fingerprint density at radius 3 is 2.74 bits per heavy atom. The van der Waals surface area contributed by atoms with Crippen LogP contribution in [0, 0.1) is 10.8 Å². The van der Waals surface area contributed by atoms with Crippen LogP contribution in [0.25, 0.3) is 10.4 Å². The quantitative estimate of drug-likeness (QED) is 0.444. The van der Waals surface area contributed by atoms with Gasteiger partial charge in [-0.3, -0.25) is 0 Å². The van der Waals surface area contributed by atoms with Gasteiger partial charge in [-0.15, -0.1) is 0 Å². The normalized spacial score (nSPS) is 21.6. The first-order chi connectivity index (χ1) is 8.70. The van der Waals surface area contributed by atoms with Crippen molar-refractivity contribution in [3.63, 3.8) is 0 Å². The van der Waals surface area contributed by atoms with Gasteiger partial charge in [0.05, 0.1) is 11.7 Å². The number of aromatic nitrogens is 1. The summed E-state index contributed by atoms with van der Waals surface area (Å²) in [5.41, 5.74) is 9.77. The SMILES string of the molecule is CC(C)(C)Cc1nc2c(o1)CC(C)(C)CC2N=[N+]=[N-]. The van der Waals surface area contributed by atoms with Crippen molar-refractivity contribution >= 4 is 0 Å². The highest BCUT2D eigenvalue weighted by atomic mass is 16.4. The van der Waals surface area contributed by atoms with Crippen LogP contribution in [0.2, 0.25) is 0 Å². The Morgan fingerprint density at radius 2 is 2.16 bits per heavy atom. The molecular formula is C14H22N4O. The molecule has 1 unspecified atom stereocenters. The highest BCUT2D eigenvalue weighted by Gasteiger charge is 2.36. The maximum absolute atomic E-state index is 8.71. The van der Waals surface area contributed by atoms with Gasteiger partial charge in [0, 0.05) is 17.8 Å². The molecule has 0 aliphatic heterocycles. The second-order valence-electron chi connectivity index (χ2n) is 7.42. The third kappa shape index (κ3) is 3.29. The zero-order valence-electron chi connectivity index (χ0n) is 12.4. The maximum Gasteiger partial charge on any atom is 0.195 e. The van der Waals surface area contributed by atoms with E-state index in [9.17, 15) is 0 Å². The zero-order valence-corrected chi connectivity index (χ0v) is 12.4. The molecule has 0 N–H and O–H groups in total.